The SMILES string of the molecule is CCC(C)=C(Cl)Br. The number of allylic oxidation sites excluding steroid dienone is 1. The van der Waals surface area contributed by atoms with Gasteiger partial charge in [0.05, 0.1) is 3.94 Å². The van der Waals surface area contributed by atoms with Gasteiger partial charge in [0.25, 0.3) is 0 Å². The lowest BCUT2D eigenvalue weighted by atomic mass is 10.3. The predicted octanol–water partition coefficient (Wildman–Crippen LogP) is 3.26. The highest BCUT2D eigenvalue weighted by molar-refractivity contribution is 9.12. The van der Waals surface area contributed by atoms with Crippen LogP contribution in [0.3, 0.4) is 0 Å². The lowest BCUT2D eigenvalue weighted by Gasteiger charge is -1.90. The molecule has 0 aliphatic carbocycles. The van der Waals surface area contributed by atoms with E-state index in [0.717, 1.165) is 10.4 Å². The molecule has 7 heavy (non-hydrogen) atoms. The minimum Gasteiger partial charge on any atom is -0.0762 e. The average Bonchev–Trinajstić information content (AvgIpc) is 1.65. The fourth-order valence-electron chi connectivity index (χ4n) is 0.134. The van der Waals surface area contributed by atoms with Crippen LogP contribution in [-0.2, 0) is 0 Å². The van der Waals surface area contributed by atoms with Crippen molar-refractivity contribution in [1.29, 1.82) is 0 Å². The smallest absolute Gasteiger partial charge is 0.0762 e. The van der Waals surface area contributed by atoms with Crippen LogP contribution in [0.4, 0.5) is 0 Å². The molecule has 0 bridgehead atoms. The summed E-state index contributed by atoms with van der Waals surface area (Å²) < 4.78 is 0.745. The van der Waals surface area contributed by atoms with Gasteiger partial charge in [0, 0.05) is 0 Å². The van der Waals surface area contributed by atoms with Crippen molar-refractivity contribution in [2.45, 2.75) is 20.3 Å². The summed E-state index contributed by atoms with van der Waals surface area (Å²) in [7, 11) is 0. The lowest BCUT2D eigenvalue weighted by Crippen LogP contribution is -1.67. The number of rotatable bonds is 1. The highest BCUT2D eigenvalue weighted by Crippen LogP contribution is 2.17. The molecular weight excluding hydrogens is 175 g/mol. The molecule has 0 aromatic rings. The molecule has 0 saturated heterocycles. The Bertz CT molecular complexity index is 82.1. The first-order valence-electron chi connectivity index (χ1n) is 2.19. The van der Waals surface area contributed by atoms with Gasteiger partial charge in [0.2, 0.25) is 0 Å². The lowest BCUT2D eigenvalue weighted by molar-refractivity contribution is 1.10. The Morgan fingerprint density at radius 3 is 2.14 bits per heavy atom. The zero-order valence-electron chi connectivity index (χ0n) is 4.46. The maximum absolute atomic E-state index is 5.52. The number of halogens is 2. The Morgan fingerprint density at radius 2 is 2.14 bits per heavy atom. The van der Waals surface area contributed by atoms with Gasteiger partial charge in [-0.1, -0.05) is 18.5 Å². The summed E-state index contributed by atoms with van der Waals surface area (Å²) in [5.74, 6) is 0. The Kier molecular flexibility index (Phi) is 3.76. The van der Waals surface area contributed by atoms with E-state index in [1.54, 1.807) is 0 Å². The van der Waals surface area contributed by atoms with E-state index in [9.17, 15) is 0 Å². The van der Waals surface area contributed by atoms with Gasteiger partial charge in [0.1, 0.15) is 0 Å². The standard InChI is InChI=1S/C5H8BrCl/c1-3-4(2)5(6)7/h3H2,1-2H3. The summed E-state index contributed by atoms with van der Waals surface area (Å²) in [4.78, 5) is 0. The van der Waals surface area contributed by atoms with Gasteiger partial charge in [-0.25, -0.2) is 0 Å². The Balaban J connectivity index is 3.72. The van der Waals surface area contributed by atoms with E-state index in [1.807, 2.05) is 6.92 Å². The zero-order chi connectivity index (χ0) is 5.86. The van der Waals surface area contributed by atoms with Crippen LogP contribution in [0.15, 0.2) is 9.51 Å². The van der Waals surface area contributed by atoms with Crippen molar-refractivity contribution in [3.05, 3.63) is 9.51 Å². The first kappa shape index (κ1) is 7.51. The molecule has 0 heterocycles. The third kappa shape index (κ3) is 3.12. The second-order valence-corrected chi connectivity index (χ2v) is 3.02. The van der Waals surface area contributed by atoms with Crippen molar-refractivity contribution >= 4 is 27.5 Å². The zero-order valence-corrected chi connectivity index (χ0v) is 6.80. The Labute approximate surface area is 57.7 Å². The van der Waals surface area contributed by atoms with E-state index in [2.05, 4.69) is 22.9 Å². The van der Waals surface area contributed by atoms with E-state index >= 15 is 0 Å². The average molecular weight is 183 g/mol. The molecule has 0 nitrogen and oxygen atoms in total. The van der Waals surface area contributed by atoms with Gasteiger partial charge in [-0.3, -0.25) is 0 Å². The highest BCUT2D eigenvalue weighted by atomic mass is 79.9. The van der Waals surface area contributed by atoms with Gasteiger partial charge >= 0.3 is 0 Å². The van der Waals surface area contributed by atoms with Crippen LogP contribution in [0, 0.1) is 0 Å². The summed E-state index contributed by atoms with van der Waals surface area (Å²) in [6, 6.07) is 0. The topological polar surface area (TPSA) is 0 Å². The van der Waals surface area contributed by atoms with Crippen molar-refractivity contribution in [1.82, 2.24) is 0 Å². The number of hydrogen-bond acceptors (Lipinski definition) is 0. The largest absolute Gasteiger partial charge is 0.0823 e. The molecule has 0 radical (unpaired) electrons. The molecule has 0 fully saturated rings. The molecule has 0 atom stereocenters. The molecule has 0 N–H and O–H groups in total. The maximum atomic E-state index is 5.52. The van der Waals surface area contributed by atoms with Gasteiger partial charge in [-0.15, -0.1) is 0 Å². The summed E-state index contributed by atoms with van der Waals surface area (Å²) in [5.41, 5.74) is 1.20. The summed E-state index contributed by atoms with van der Waals surface area (Å²) in [6.07, 6.45) is 1.02. The first-order valence-corrected chi connectivity index (χ1v) is 3.36. The van der Waals surface area contributed by atoms with Crippen LogP contribution in [-0.4, -0.2) is 0 Å². The summed E-state index contributed by atoms with van der Waals surface area (Å²) in [5, 5.41) is 0. The normalized spacial score (nSPS) is 13.7. The van der Waals surface area contributed by atoms with Gasteiger partial charge in [-0.05, 0) is 34.8 Å². The second kappa shape index (κ2) is 3.50. The van der Waals surface area contributed by atoms with E-state index in [0.29, 0.717) is 0 Å². The molecule has 0 amide bonds. The van der Waals surface area contributed by atoms with Crippen LogP contribution in [0.2, 0.25) is 0 Å². The quantitative estimate of drug-likeness (QED) is 0.585. The van der Waals surface area contributed by atoms with Crippen LogP contribution in [0.1, 0.15) is 20.3 Å². The molecule has 0 unspecified atom stereocenters. The Hall–Kier alpha value is 0.510. The van der Waals surface area contributed by atoms with Crippen molar-refractivity contribution in [3.63, 3.8) is 0 Å². The van der Waals surface area contributed by atoms with Crippen molar-refractivity contribution in [2.75, 3.05) is 0 Å². The molecule has 0 aliphatic heterocycles. The molecule has 0 saturated carbocycles. The van der Waals surface area contributed by atoms with E-state index in [1.165, 1.54) is 5.57 Å². The van der Waals surface area contributed by atoms with Crippen LogP contribution >= 0.6 is 27.5 Å². The monoisotopic (exact) mass is 182 g/mol. The van der Waals surface area contributed by atoms with Gasteiger partial charge in [-0.2, -0.15) is 0 Å². The molecule has 2 heteroatoms. The third-order valence-electron chi connectivity index (χ3n) is 0.853. The van der Waals surface area contributed by atoms with E-state index < -0.39 is 0 Å². The molecule has 0 aromatic heterocycles. The fourth-order valence-corrected chi connectivity index (χ4v) is 0.548. The summed E-state index contributed by atoms with van der Waals surface area (Å²) >= 11 is 8.67. The third-order valence-corrected chi connectivity index (χ3v) is 1.85. The van der Waals surface area contributed by atoms with E-state index in [-0.39, 0.29) is 0 Å². The van der Waals surface area contributed by atoms with Crippen LogP contribution in [0.5, 0.6) is 0 Å². The van der Waals surface area contributed by atoms with Gasteiger partial charge < -0.3 is 0 Å². The minimum absolute atomic E-state index is 0.745. The van der Waals surface area contributed by atoms with Crippen LogP contribution in [0.25, 0.3) is 0 Å². The molecule has 42 valence electrons. The van der Waals surface area contributed by atoms with Gasteiger partial charge in [0.15, 0.2) is 0 Å². The predicted molar refractivity (Wildman–Crippen MR) is 37.8 cm³/mol. The Morgan fingerprint density at radius 1 is 1.71 bits per heavy atom. The molecular formula is C5H8BrCl. The van der Waals surface area contributed by atoms with Crippen molar-refractivity contribution < 1.29 is 0 Å². The summed E-state index contributed by atoms with van der Waals surface area (Å²) in [6.45, 7) is 4.07. The van der Waals surface area contributed by atoms with Crippen molar-refractivity contribution in [3.8, 4) is 0 Å². The molecule has 0 spiro atoms. The highest BCUT2D eigenvalue weighted by Gasteiger charge is 1.87. The number of hydrogen-bond donors (Lipinski definition) is 0. The van der Waals surface area contributed by atoms with Crippen molar-refractivity contribution in [2.24, 2.45) is 0 Å². The minimum atomic E-state index is 0.745. The molecule has 0 aromatic carbocycles. The fraction of sp³-hybridized carbons (Fsp3) is 0.600. The maximum Gasteiger partial charge on any atom is 0.0823 e. The van der Waals surface area contributed by atoms with E-state index in [4.69, 9.17) is 11.6 Å². The second-order valence-electron chi connectivity index (χ2n) is 1.39. The van der Waals surface area contributed by atoms with Crippen LogP contribution < -0.4 is 0 Å². The molecule has 0 aliphatic rings. The first-order chi connectivity index (χ1) is 3.18. The molecule has 0 rings (SSSR count).